The molecule has 2 aliphatic heterocycles. The quantitative estimate of drug-likeness (QED) is 0.760. The van der Waals surface area contributed by atoms with E-state index in [0.717, 1.165) is 18.6 Å². The third kappa shape index (κ3) is 2.17. The van der Waals surface area contributed by atoms with Gasteiger partial charge in [0.2, 0.25) is 0 Å². The van der Waals surface area contributed by atoms with E-state index in [1.165, 1.54) is 12.1 Å². The van der Waals surface area contributed by atoms with Crippen LogP contribution in [0.5, 0.6) is 0 Å². The van der Waals surface area contributed by atoms with E-state index in [1.807, 2.05) is 0 Å². The van der Waals surface area contributed by atoms with Gasteiger partial charge in [-0.25, -0.2) is 0 Å². The van der Waals surface area contributed by atoms with Gasteiger partial charge in [0.1, 0.15) is 0 Å². The number of hydrogen-bond donors (Lipinski definition) is 0. The second kappa shape index (κ2) is 4.25. The van der Waals surface area contributed by atoms with Gasteiger partial charge in [0.15, 0.2) is 0 Å². The molecule has 0 atom stereocenters. The van der Waals surface area contributed by atoms with Crippen LogP contribution in [0.15, 0.2) is 24.3 Å². The van der Waals surface area contributed by atoms with Crippen molar-refractivity contribution in [2.24, 2.45) is 0 Å². The van der Waals surface area contributed by atoms with Crippen LogP contribution in [0.1, 0.15) is 34.1 Å². The minimum atomic E-state index is -0.273. The molecule has 4 heteroatoms. The first-order valence-corrected chi connectivity index (χ1v) is 7.10. The third-order valence-corrected chi connectivity index (χ3v) is 4.62. The second-order valence-corrected chi connectivity index (χ2v) is 6.52. The molecule has 0 amide bonds. The maximum Gasteiger partial charge on any atom is 0.494 e. The highest BCUT2D eigenvalue weighted by Crippen LogP contribution is 2.36. The van der Waals surface area contributed by atoms with Crippen molar-refractivity contribution in [3.8, 4) is 0 Å². The van der Waals surface area contributed by atoms with Gasteiger partial charge in [-0.1, -0.05) is 12.1 Å². The fourth-order valence-electron chi connectivity index (χ4n) is 2.42. The SMILES string of the molecule is CC1(C)OB(c2cccc(N3CCC3)c2)OC1(C)C. The normalized spacial score (nSPS) is 24.4. The fraction of sp³-hybridized carbons (Fsp3) is 0.600. The summed E-state index contributed by atoms with van der Waals surface area (Å²) in [6.07, 6.45) is 1.29. The number of anilines is 1. The van der Waals surface area contributed by atoms with Crippen molar-refractivity contribution >= 4 is 18.3 Å². The Morgan fingerprint density at radius 2 is 1.68 bits per heavy atom. The van der Waals surface area contributed by atoms with Crippen molar-refractivity contribution in [2.45, 2.75) is 45.3 Å². The maximum atomic E-state index is 6.10. The summed E-state index contributed by atoms with van der Waals surface area (Å²) in [7, 11) is -0.258. The molecule has 3 nitrogen and oxygen atoms in total. The highest BCUT2D eigenvalue weighted by Gasteiger charge is 2.51. The fourth-order valence-corrected chi connectivity index (χ4v) is 2.42. The van der Waals surface area contributed by atoms with E-state index in [2.05, 4.69) is 56.9 Å². The summed E-state index contributed by atoms with van der Waals surface area (Å²) in [5.74, 6) is 0. The van der Waals surface area contributed by atoms with E-state index in [1.54, 1.807) is 0 Å². The molecule has 102 valence electrons. The average molecular weight is 259 g/mol. The Balaban J connectivity index is 1.83. The number of benzene rings is 1. The first-order valence-electron chi connectivity index (χ1n) is 7.10. The Hall–Kier alpha value is -0.995. The van der Waals surface area contributed by atoms with Crippen molar-refractivity contribution in [1.82, 2.24) is 0 Å². The minimum Gasteiger partial charge on any atom is -0.399 e. The number of nitrogens with zero attached hydrogens (tertiary/aromatic N) is 1. The van der Waals surface area contributed by atoms with E-state index in [9.17, 15) is 0 Å². The predicted octanol–water partition coefficient (Wildman–Crippen LogP) is 2.20. The zero-order chi connectivity index (χ0) is 13.7. The van der Waals surface area contributed by atoms with Crippen molar-refractivity contribution in [2.75, 3.05) is 18.0 Å². The van der Waals surface area contributed by atoms with Crippen LogP contribution in [0.2, 0.25) is 0 Å². The Bertz CT molecular complexity index is 467. The molecule has 0 N–H and O–H groups in total. The standard InChI is InChI=1S/C15H22BNO2/c1-14(2)15(3,4)19-16(18-14)12-7-5-8-13(11-12)17-9-6-10-17/h5,7-8,11H,6,9-10H2,1-4H3. The number of hydrogen-bond acceptors (Lipinski definition) is 3. The summed E-state index contributed by atoms with van der Waals surface area (Å²) in [6, 6.07) is 8.54. The third-order valence-electron chi connectivity index (χ3n) is 4.62. The molecular weight excluding hydrogens is 237 g/mol. The molecule has 0 unspecified atom stereocenters. The smallest absolute Gasteiger partial charge is 0.399 e. The summed E-state index contributed by atoms with van der Waals surface area (Å²) >= 11 is 0. The Labute approximate surface area is 116 Å². The van der Waals surface area contributed by atoms with Gasteiger partial charge in [-0.15, -0.1) is 0 Å². The average Bonchev–Trinajstić information content (AvgIpc) is 2.46. The molecular formula is C15H22BNO2. The number of rotatable bonds is 2. The van der Waals surface area contributed by atoms with Crippen molar-refractivity contribution in [3.63, 3.8) is 0 Å². The lowest BCUT2D eigenvalue weighted by atomic mass is 9.79. The molecule has 2 saturated heterocycles. The van der Waals surface area contributed by atoms with Crippen molar-refractivity contribution < 1.29 is 9.31 Å². The van der Waals surface area contributed by atoms with Gasteiger partial charge in [0.25, 0.3) is 0 Å². The molecule has 0 spiro atoms. The molecule has 0 saturated carbocycles. The van der Waals surface area contributed by atoms with Crippen LogP contribution in [-0.4, -0.2) is 31.4 Å². The van der Waals surface area contributed by atoms with Gasteiger partial charge in [-0.3, -0.25) is 0 Å². The zero-order valence-corrected chi connectivity index (χ0v) is 12.3. The summed E-state index contributed by atoms with van der Waals surface area (Å²) in [5, 5.41) is 0. The molecule has 0 aromatic heterocycles. The van der Waals surface area contributed by atoms with Crippen LogP contribution in [0.4, 0.5) is 5.69 Å². The monoisotopic (exact) mass is 259 g/mol. The maximum absolute atomic E-state index is 6.10. The Morgan fingerprint density at radius 1 is 1.05 bits per heavy atom. The molecule has 2 heterocycles. The van der Waals surface area contributed by atoms with E-state index in [-0.39, 0.29) is 18.3 Å². The van der Waals surface area contributed by atoms with Crippen LogP contribution >= 0.6 is 0 Å². The summed E-state index contributed by atoms with van der Waals surface area (Å²) < 4.78 is 12.2. The lowest BCUT2D eigenvalue weighted by Crippen LogP contribution is -2.41. The Morgan fingerprint density at radius 3 is 2.21 bits per heavy atom. The molecule has 0 aliphatic carbocycles. The van der Waals surface area contributed by atoms with Crippen LogP contribution in [0.3, 0.4) is 0 Å². The van der Waals surface area contributed by atoms with Crippen molar-refractivity contribution in [1.29, 1.82) is 0 Å². The zero-order valence-electron chi connectivity index (χ0n) is 12.3. The minimum absolute atomic E-state index is 0.258. The van der Waals surface area contributed by atoms with E-state index in [0.29, 0.717) is 0 Å². The molecule has 0 radical (unpaired) electrons. The highest BCUT2D eigenvalue weighted by atomic mass is 16.7. The van der Waals surface area contributed by atoms with Crippen molar-refractivity contribution in [3.05, 3.63) is 24.3 Å². The van der Waals surface area contributed by atoms with Crippen LogP contribution in [0, 0.1) is 0 Å². The lowest BCUT2D eigenvalue weighted by Gasteiger charge is -2.33. The second-order valence-electron chi connectivity index (χ2n) is 6.52. The van der Waals surface area contributed by atoms with E-state index in [4.69, 9.17) is 9.31 Å². The Kier molecular flexibility index (Phi) is 2.91. The molecule has 1 aromatic rings. The van der Waals surface area contributed by atoms with Gasteiger partial charge >= 0.3 is 7.12 Å². The van der Waals surface area contributed by atoms with Crippen LogP contribution < -0.4 is 10.4 Å². The van der Waals surface area contributed by atoms with Gasteiger partial charge in [-0.05, 0) is 51.7 Å². The summed E-state index contributed by atoms with van der Waals surface area (Å²) in [6.45, 7) is 10.7. The first kappa shape index (κ1) is 13.0. The summed E-state index contributed by atoms with van der Waals surface area (Å²) in [5.41, 5.74) is 1.84. The molecule has 2 fully saturated rings. The van der Waals surface area contributed by atoms with E-state index < -0.39 is 0 Å². The van der Waals surface area contributed by atoms with Gasteiger partial charge in [-0.2, -0.15) is 0 Å². The lowest BCUT2D eigenvalue weighted by molar-refractivity contribution is 0.00578. The molecule has 2 aliphatic rings. The van der Waals surface area contributed by atoms with Gasteiger partial charge in [0, 0.05) is 18.8 Å². The van der Waals surface area contributed by atoms with Crippen LogP contribution in [0.25, 0.3) is 0 Å². The highest BCUT2D eigenvalue weighted by molar-refractivity contribution is 6.62. The van der Waals surface area contributed by atoms with Gasteiger partial charge < -0.3 is 14.2 Å². The van der Waals surface area contributed by atoms with Gasteiger partial charge in [0.05, 0.1) is 11.2 Å². The first-order chi connectivity index (χ1) is 8.89. The topological polar surface area (TPSA) is 21.7 Å². The largest absolute Gasteiger partial charge is 0.494 e. The van der Waals surface area contributed by atoms with E-state index >= 15 is 0 Å². The van der Waals surface area contributed by atoms with Crippen LogP contribution in [-0.2, 0) is 9.31 Å². The molecule has 1 aromatic carbocycles. The molecule has 0 bridgehead atoms. The predicted molar refractivity (Wildman–Crippen MR) is 79.0 cm³/mol. The summed E-state index contributed by atoms with van der Waals surface area (Å²) in [4.78, 5) is 2.38. The molecule has 3 rings (SSSR count). The molecule has 19 heavy (non-hydrogen) atoms.